The van der Waals surface area contributed by atoms with Crippen molar-refractivity contribution in [1.82, 2.24) is 4.98 Å². The number of fused-ring (bicyclic) bond motifs is 1. The highest BCUT2D eigenvalue weighted by atomic mass is 32.1. The number of nitrogens with zero attached hydrogens (tertiary/aromatic N) is 2. The Labute approximate surface area is 105 Å². The van der Waals surface area contributed by atoms with Gasteiger partial charge in [0.05, 0.1) is 26.6 Å². The van der Waals surface area contributed by atoms with Crippen LogP contribution in [0, 0.1) is 6.92 Å². The molecule has 2 aromatic rings. The van der Waals surface area contributed by atoms with E-state index >= 15 is 0 Å². The average molecular weight is 247 g/mol. The number of nitrogen functional groups attached to an aromatic ring is 1. The van der Waals surface area contributed by atoms with Crippen LogP contribution in [0.15, 0.2) is 12.1 Å². The van der Waals surface area contributed by atoms with Crippen molar-refractivity contribution in [3.05, 3.63) is 17.1 Å². The first-order valence-corrected chi connectivity index (χ1v) is 6.94. The summed E-state index contributed by atoms with van der Waals surface area (Å²) in [5, 5.41) is 1.10. The van der Waals surface area contributed by atoms with Crippen LogP contribution in [-0.2, 0) is 0 Å². The minimum atomic E-state index is 0.694. The molecule has 0 radical (unpaired) electrons. The summed E-state index contributed by atoms with van der Waals surface area (Å²) in [6, 6.07) is 4.91. The third-order valence-electron chi connectivity index (χ3n) is 3.28. The summed E-state index contributed by atoms with van der Waals surface area (Å²) in [5.74, 6) is 0. The number of anilines is 2. The fraction of sp³-hybridized carbons (Fsp3) is 0.462. The highest BCUT2D eigenvalue weighted by Gasteiger charge is 2.29. The van der Waals surface area contributed by atoms with Gasteiger partial charge in [-0.05, 0) is 38.8 Å². The number of hydrogen-bond donors (Lipinski definition) is 1. The van der Waals surface area contributed by atoms with E-state index in [1.807, 2.05) is 6.92 Å². The van der Waals surface area contributed by atoms with Gasteiger partial charge in [-0.2, -0.15) is 0 Å². The van der Waals surface area contributed by atoms with Crippen molar-refractivity contribution in [3.8, 4) is 0 Å². The van der Waals surface area contributed by atoms with Crippen LogP contribution in [0.4, 0.5) is 11.4 Å². The zero-order valence-electron chi connectivity index (χ0n) is 10.2. The molecule has 1 saturated carbocycles. The Morgan fingerprint density at radius 3 is 2.88 bits per heavy atom. The summed E-state index contributed by atoms with van der Waals surface area (Å²) in [7, 11) is 0. The van der Waals surface area contributed by atoms with Gasteiger partial charge in [0.15, 0.2) is 0 Å². The molecule has 0 bridgehead atoms. The number of benzene rings is 1. The van der Waals surface area contributed by atoms with Crippen molar-refractivity contribution < 1.29 is 0 Å². The summed E-state index contributed by atoms with van der Waals surface area (Å²) < 4.78 is 1.19. The molecule has 3 nitrogen and oxygen atoms in total. The van der Waals surface area contributed by atoms with Crippen LogP contribution in [0.5, 0.6) is 0 Å². The Morgan fingerprint density at radius 2 is 2.24 bits per heavy atom. The molecular weight excluding hydrogens is 230 g/mol. The van der Waals surface area contributed by atoms with Crippen LogP contribution in [0.25, 0.3) is 10.2 Å². The quantitative estimate of drug-likeness (QED) is 0.847. The largest absolute Gasteiger partial charge is 0.397 e. The maximum absolute atomic E-state index is 6.18. The van der Waals surface area contributed by atoms with Gasteiger partial charge in [-0.25, -0.2) is 4.98 Å². The molecule has 1 heterocycles. The molecule has 1 aromatic heterocycles. The lowest BCUT2D eigenvalue weighted by Gasteiger charge is -2.24. The van der Waals surface area contributed by atoms with Crippen molar-refractivity contribution in [2.75, 3.05) is 17.2 Å². The number of rotatable bonds is 3. The van der Waals surface area contributed by atoms with Gasteiger partial charge in [0.25, 0.3) is 0 Å². The van der Waals surface area contributed by atoms with Gasteiger partial charge in [-0.15, -0.1) is 11.3 Å². The molecule has 0 saturated heterocycles. The molecule has 0 amide bonds. The van der Waals surface area contributed by atoms with E-state index in [1.165, 1.54) is 17.5 Å². The van der Waals surface area contributed by atoms with E-state index in [0.29, 0.717) is 6.04 Å². The molecule has 17 heavy (non-hydrogen) atoms. The standard InChI is InChI=1S/C13H17N3S/c1-3-16(9-4-5-9)12-7-11-13(6-10(12)14)17-8(2)15-11/h6-7,9H,3-5,14H2,1-2H3. The van der Waals surface area contributed by atoms with Gasteiger partial charge in [0.2, 0.25) is 0 Å². The van der Waals surface area contributed by atoms with Crippen molar-refractivity contribution >= 4 is 32.9 Å². The fourth-order valence-electron chi connectivity index (χ4n) is 2.35. The van der Waals surface area contributed by atoms with Crippen molar-refractivity contribution in [2.24, 2.45) is 0 Å². The van der Waals surface area contributed by atoms with Gasteiger partial charge in [-0.1, -0.05) is 0 Å². The van der Waals surface area contributed by atoms with Gasteiger partial charge in [-0.3, -0.25) is 0 Å². The second-order valence-corrected chi connectivity index (χ2v) is 5.86. The highest BCUT2D eigenvalue weighted by Crippen LogP contribution is 2.37. The molecule has 1 fully saturated rings. The maximum atomic E-state index is 6.18. The van der Waals surface area contributed by atoms with Gasteiger partial charge < -0.3 is 10.6 Å². The number of aromatic nitrogens is 1. The van der Waals surface area contributed by atoms with E-state index < -0.39 is 0 Å². The molecule has 90 valence electrons. The molecule has 0 unspecified atom stereocenters. The predicted octanol–water partition coefficient (Wildman–Crippen LogP) is 3.18. The summed E-state index contributed by atoms with van der Waals surface area (Å²) in [6.07, 6.45) is 2.59. The Kier molecular flexibility index (Phi) is 2.47. The van der Waals surface area contributed by atoms with Crippen molar-refractivity contribution in [1.29, 1.82) is 0 Å². The topological polar surface area (TPSA) is 42.2 Å². The molecular formula is C13H17N3S. The smallest absolute Gasteiger partial charge is 0.0907 e. The molecule has 0 aliphatic heterocycles. The predicted molar refractivity (Wildman–Crippen MR) is 74.8 cm³/mol. The van der Waals surface area contributed by atoms with E-state index in [1.54, 1.807) is 11.3 Å². The number of thiazole rings is 1. The second-order valence-electron chi connectivity index (χ2n) is 4.63. The number of hydrogen-bond acceptors (Lipinski definition) is 4. The van der Waals surface area contributed by atoms with Crippen LogP contribution in [0.2, 0.25) is 0 Å². The van der Waals surface area contributed by atoms with E-state index in [2.05, 4.69) is 28.9 Å². The second kappa shape index (κ2) is 3.88. The zero-order chi connectivity index (χ0) is 12.0. The Morgan fingerprint density at radius 1 is 1.47 bits per heavy atom. The minimum Gasteiger partial charge on any atom is -0.397 e. The van der Waals surface area contributed by atoms with Gasteiger partial charge >= 0.3 is 0 Å². The Balaban J connectivity index is 2.10. The monoisotopic (exact) mass is 247 g/mol. The zero-order valence-corrected chi connectivity index (χ0v) is 11.0. The lowest BCUT2D eigenvalue weighted by molar-refractivity contribution is 0.828. The number of nitrogens with two attached hydrogens (primary N) is 1. The highest BCUT2D eigenvalue weighted by molar-refractivity contribution is 7.18. The van der Waals surface area contributed by atoms with E-state index in [9.17, 15) is 0 Å². The van der Waals surface area contributed by atoms with Crippen LogP contribution < -0.4 is 10.6 Å². The van der Waals surface area contributed by atoms with Crippen molar-refractivity contribution in [3.63, 3.8) is 0 Å². The average Bonchev–Trinajstić information content (AvgIpc) is 3.03. The molecule has 1 aliphatic rings. The van der Waals surface area contributed by atoms with Gasteiger partial charge in [0, 0.05) is 12.6 Å². The molecule has 3 rings (SSSR count). The lowest BCUT2D eigenvalue weighted by atomic mass is 10.2. The maximum Gasteiger partial charge on any atom is 0.0907 e. The van der Waals surface area contributed by atoms with Crippen LogP contribution >= 0.6 is 11.3 Å². The van der Waals surface area contributed by atoms with E-state index in [-0.39, 0.29) is 0 Å². The third-order valence-corrected chi connectivity index (χ3v) is 4.22. The summed E-state index contributed by atoms with van der Waals surface area (Å²) >= 11 is 1.71. The van der Waals surface area contributed by atoms with Gasteiger partial charge in [0.1, 0.15) is 0 Å². The first-order chi connectivity index (χ1) is 8.19. The SMILES string of the molecule is CCN(c1cc2nc(C)sc2cc1N)C1CC1. The number of aryl methyl sites for hydroxylation is 1. The Bertz CT molecular complexity index is 557. The molecule has 0 atom stereocenters. The lowest BCUT2D eigenvalue weighted by Crippen LogP contribution is -2.25. The Hall–Kier alpha value is -1.29. The first-order valence-electron chi connectivity index (χ1n) is 6.12. The third kappa shape index (κ3) is 1.86. The van der Waals surface area contributed by atoms with Crippen LogP contribution in [0.3, 0.4) is 0 Å². The summed E-state index contributed by atoms with van der Waals surface area (Å²) in [4.78, 5) is 6.95. The normalized spacial score (nSPS) is 15.4. The molecule has 2 N–H and O–H groups in total. The van der Waals surface area contributed by atoms with E-state index in [4.69, 9.17) is 5.73 Å². The molecule has 0 spiro atoms. The fourth-order valence-corrected chi connectivity index (χ4v) is 3.21. The molecule has 1 aliphatic carbocycles. The minimum absolute atomic E-state index is 0.694. The van der Waals surface area contributed by atoms with E-state index in [0.717, 1.165) is 28.4 Å². The molecule has 1 aromatic carbocycles. The van der Waals surface area contributed by atoms with Crippen LogP contribution in [0.1, 0.15) is 24.8 Å². The first kappa shape index (κ1) is 10.8. The molecule has 4 heteroatoms. The van der Waals surface area contributed by atoms with Crippen molar-refractivity contribution in [2.45, 2.75) is 32.7 Å². The van der Waals surface area contributed by atoms with Crippen LogP contribution in [-0.4, -0.2) is 17.6 Å². The summed E-state index contributed by atoms with van der Waals surface area (Å²) in [5.41, 5.74) is 9.30. The summed E-state index contributed by atoms with van der Waals surface area (Å²) in [6.45, 7) is 5.25.